The number of nitrogens with zero attached hydrogens (tertiary/aromatic N) is 1. The van der Waals surface area contributed by atoms with Crippen molar-refractivity contribution in [3.63, 3.8) is 0 Å². The quantitative estimate of drug-likeness (QED) is 0.658. The molecule has 1 aliphatic heterocycles. The minimum absolute atomic E-state index is 0.0909. The van der Waals surface area contributed by atoms with E-state index in [9.17, 15) is 5.11 Å². The minimum Gasteiger partial charge on any atom is -0.392 e. The van der Waals surface area contributed by atoms with Crippen molar-refractivity contribution in [2.45, 2.75) is 44.0 Å². The Hall–Kier alpha value is -0.630. The van der Waals surface area contributed by atoms with E-state index in [4.69, 9.17) is 15.1 Å². The van der Waals surface area contributed by atoms with Gasteiger partial charge >= 0.3 is 0 Å². The summed E-state index contributed by atoms with van der Waals surface area (Å²) in [4.78, 5) is 0. The fourth-order valence-corrected chi connectivity index (χ4v) is 1.64. The smallest absolute Gasteiger partial charge is 0.203 e. The molecule has 3 atom stereocenters. The SMILES string of the molecule is CCC[C@H]1CC(O)[C@@](C#N)(CO)O1. The summed E-state index contributed by atoms with van der Waals surface area (Å²) in [6.07, 6.45) is 1.26. The van der Waals surface area contributed by atoms with Crippen LogP contribution in [0.5, 0.6) is 0 Å². The van der Waals surface area contributed by atoms with Crippen LogP contribution >= 0.6 is 0 Å². The lowest BCUT2D eigenvalue weighted by atomic mass is 9.98. The van der Waals surface area contributed by atoms with E-state index in [1.165, 1.54) is 0 Å². The van der Waals surface area contributed by atoms with Gasteiger partial charge in [-0.3, -0.25) is 0 Å². The molecule has 0 saturated carbocycles. The van der Waals surface area contributed by atoms with Crippen LogP contribution in [0.3, 0.4) is 0 Å². The molecule has 0 bridgehead atoms. The van der Waals surface area contributed by atoms with Crippen LogP contribution in [-0.2, 0) is 4.74 Å². The predicted octanol–water partition coefficient (Wildman–Crippen LogP) is 0.191. The largest absolute Gasteiger partial charge is 0.392 e. The summed E-state index contributed by atoms with van der Waals surface area (Å²) in [5.41, 5.74) is -1.38. The third kappa shape index (κ3) is 1.83. The van der Waals surface area contributed by atoms with E-state index in [1.54, 1.807) is 0 Å². The van der Waals surface area contributed by atoms with Crippen LogP contribution in [0.15, 0.2) is 0 Å². The second kappa shape index (κ2) is 4.05. The Kier molecular flexibility index (Phi) is 3.26. The molecule has 1 rings (SSSR count). The van der Waals surface area contributed by atoms with E-state index in [-0.39, 0.29) is 6.10 Å². The van der Waals surface area contributed by atoms with Gasteiger partial charge in [-0.15, -0.1) is 0 Å². The molecular weight excluding hydrogens is 170 g/mol. The molecule has 1 fully saturated rings. The van der Waals surface area contributed by atoms with Crippen LogP contribution in [-0.4, -0.2) is 34.6 Å². The lowest BCUT2D eigenvalue weighted by molar-refractivity contribution is -0.0739. The molecule has 1 aliphatic rings. The predicted molar refractivity (Wildman–Crippen MR) is 45.8 cm³/mol. The number of hydrogen-bond acceptors (Lipinski definition) is 4. The van der Waals surface area contributed by atoms with Crippen LogP contribution in [0.1, 0.15) is 26.2 Å². The Labute approximate surface area is 77.7 Å². The zero-order valence-electron chi connectivity index (χ0n) is 7.73. The van der Waals surface area contributed by atoms with Gasteiger partial charge in [0.05, 0.1) is 12.7 Å². The lowest BCUT2D eigenvalue weighted by Gasteiger charge is -2.21. The maximum absolute atomic E-state index is 9.53. The van der Waals surface area contributed by atoms with Crippen molar-refractivity contribution in [3.05, 3.63) is 0 Å². The first-order chi connectivity index (χ1) is 6.18. The van der Waals surface area contributed by atoms with E-state index in [2.05, 4.69) is 0 Å². The molecule has 4 nitrogen and oxygen atoms in total. The summed E-state index contributed by atoms with van der Waals surface area (Å²) in [5, 5.41) is 27.3. The van der Waals surface area contributed by atoms with Crippen LogP contribution < -0.4 is 0 Å². The van der Waals surface area contributed by atoms with Gasteiger partial charge in [-0.25, -0.2) is 0 Å². The van der Waals surface area contributed by atoms with Crippen molar-refractivity contribution in [1.29, 1.82) is 5.26 Å². The maximum Gasteiger partial charge on any atom is 0.203 e. The first-order valence-electron chi connectivity index (χ1n) is 4.56. The second-order valence-corrected chi connectivity index (χ2v) is 3.44. The Balaban J connectivity index is 2.65. The summed E-state index contributed by atoms with van der Waals surface area (Å²) in [7, 11) is 0. The molecule has 0 radical (unpaired) electrons. The van der Waals surface area contributed by atoms with Crippen LogP contribution in [0, 0.1) is 11.3 Å². The van der Waals surface area contributed by atoms with E-state index >= 15 is 0 Å². The third-order valence-electron chi connectivity index (χ3n) is 2.44. The van der Waals surface area contributed by atoms with Crippen LogP contribution in [0.4, 0.5) is 0 Å². The van der Waals surface area contributed by atoms with E-state index in [1.807, 2.05) is 13.0 Å². The first kappa shape index (κ1) is 10.5. The molecule has 0 amide bonds. The molecular formula is C9H15NO3. The van der Waals surface area contributed by atoms with Gasteiger partial charge in [-0.2, -0.15) is 5.26 Å². The summed E-state index contributed by atoms with van der Waals surface area (Å²) >= 11 is 0. The molecule has 74 valence electrons. The first-order valence-corrected chi connectivity index (χ1v) is 4.56. The molecule has 0 aromatic rings. The number of aliphatic hydroxyl groups excluding tert-OH is 2. The number of nitriles is 1. The standard InChI is InChI=1S/C9H15NO3/c1-2-3-7-4-8(12)9(5-10,6-11)13-7/h7-8,11-12H,2-4,6H2,1H3/t7-,8?,9+/m0/s1. The highest BCUT2D eigenvalue weighted by molar-refractivity contribution is 5.11. The van der Waals surface area contributed by atoms with Crippen molar-refractivity contribution in [3.8, 4) is 6.07 Å². The zero-order valence-corrected chi connectivity index (χ0v) is 7.73. The van der Waals surface area contributed by atoms with Gasteiger partial charge in [-0.05, 0) is 6.42 Å². The van der Waals surface area contributed by atoms with E-state index < -0.39 is 18.3 Å². The number of rotatable bonds is 3. The summed E-state index contributed by atoms with van der Waals surface area (Å²) in [6.45, 7) is 1.58. The molecule has 2 N–H and O–H groups in total. The highest BCUT2D eigenvalue weighted by Gasteiger charge is 2.47. The van der Waals surface area contributed by atoms with Gasteiger partial charge in [0.15, 0.2) is 0 Å². The number of hydrogen-bond donors (Lipinski definition) is 2. The van der Waals surface area contributed by atoms with Crippen LogP contribution in [0.2, 0.25) is 0 Å². The molecule has 1 saturated heterocycles. The molecule has 1 heterocycles. The van der Waals surface area contributed by atoms with Gasteiger partial charge in [0.1, 0.15) is 12.2 Å². The van der Waals surface area contributed by atoms with Gasteiger partial charge in [0.25, 0.3) is 0 Å². The normalized spacial score (nSPS) is 38.9. The van der Waals surface area contributed by atoms with Gasteiger partial charge in [0, 0.05) is 6.42 Å². The van der Waals surface area contributed by atoms with Crippen LogP contribution in [0.25, 0.3) is 0 Å². The lowest BCUT2D eigenvalue weighted by Crippen LogP contribution is -2.41. The molecule has 4 heteroatoms. The van der Waals surface area contributed by atoms with Gasteiger partial charge in [-0.1, -0.05) is 13.3 Å². The fourth-order valence-electron chi connectivity index (χ4n) is 1.64. The highest BCUT2D eigenvalue weighted by Crippen LogP contribution is 2.32. The van der Waals surface area contributed by atoms with Gasteiger partial charge in [0.2, 0.25) is 5.60 Å². The molecule has 13 heavy (non-hydrogen) atoms. The minimum atomic E-state index is -1.38. The number of aliphatic hydroxyl groups is 2. The third-order valence-corrected chi connectivity index (χ3v) is 2.44. The Bertz CT molecular complexity index is 213. The van der Waals surface area contributed by atoms with E-state index in [0.29, 0.717) is 6.42 Å². The van der Waals surface area contributed by atoms with Crippen molar-refractivity contribution in [1.82, 2.24) is 0 Å². The summed E-state index contributed by atoms with van der Waals surface area (Å²) in [6, 6.07) is 1.84. The second-order valence-electron chi connectivity index (χ2n) is 3.44. The summed E-state index contributed by atoms with van der Waals surface area (Å²) < 4.78 is 5.34. The van der Waals surface area contributed by atoms with Crippen molar-refractivity contribution in [2.75, 3.05) is 6.61 Å². The Morgan fingerprint density at radius 3 is 2.77 bits per heavy atom. The van der Waals surface area contributed by atoms with Crippen molar-refractivity contribution in [2.24, 2.45) is 0 Å². The Morgan fingerprint density at radius 2 is 2.38 bits per heavy atom. The molecule has 0 aromatic heterocycles. The highest BCUT2D eigenvalue weighted by atomic mass is 16.5. The molecule has 0 aromatic carbocycles. The fraction of sp³-hybridized carbons (Fsp3) is 0.889. The molecule has 0 spiro atoms. The zero-order chi connectivity index (χ0) is 9.90. The average Bonchev–Trinajstić information content (AvgIpc) is 2.44. The monoisotopic (exact) mass is 185 g/mol. The topological polar surface area (TPSA) is 73.5 Å². The Morgan fingerprint density at radius 1 is 1.69 bits per heavy atom. The maximum atomic E-state index is 9.53. The average molecular weight is 185 g/mol. The summed E-state index contributed by atoms with van der Waals surface area (Å²) in [5.74, 6) is 0. The van der Waals surface area contributed by atoms with Crippen molar-refractivity contribution < 1.29 is 14.9 Å². The molecule has 1 unspecified atom stereocenters. The van der Waals surface area contributed by atoms with E-state index in [0.717, 1.165) is 12.8 Å². The van der Waals surface area contributed by atoms with Gasteiger partial charge < -0.3 is 14.9 Å². The number of ether oxygens (including phenoxy) is 1. The van der Waals surface area contributed by atoms with Crippen molar-refractivity contribution >= 4 is 0 Å². The molecule has 0 aliphatic carbocycles.